The molecular weight excluding hydrogens is 535 g/mol. The molecule has 0 atom stereocenters. The third-order valence-corrected chi connectivity index (χ3v) is 8.74. The van der Waals surface area contributed by atoms with E-state index in [1.807, 2.05) is 18.6 Å². The van der Waals surface area contributed by atoms with Crippen molar-refractivity contribution in [1.29, 1.82) is 0 Å². The van der Waals surface area contributed by atoms with Crippen molar-refractivity contribution in [3.8, 4) is 21.8 Å². The molecule has 38 heavy (non-hydrogen) atoms. The molecule has 2 aromatic heterocycles. The van der Waals surface area contributed by atoms with Gasteiger partial charge in [0.2, 0.25) is 5.95 Å². The van der Waals surface area contributed by atoms with E-state index in [2.05, 4.69) is 15.3 Å². The van der Waals surface area contributed by atoms with Crippen LogP contribution in [0.1, 0.15) is 37.6 Å². The molecule has 12 heteroatoms. The van der Waals surface area contributed by atoms with Crippen LogP contribution in [0, 0.1) is 23.4 Å². The van der Waals surface area contributed by atoms with Gasteiger partial charge in [-0.3, -0.25) is 4.72 Å². The number of rotatable bonds is 9. The molecule has 5 rings (SSSR count). The highest BCUT2D eigenvalue weighted by Gasteiger charge is 2.26. The summed E-state index contributed by atoms with van der Waals surface area (Å²) >= 11 is 1.42. The van der Waals surface area contributed by atoms with Gasteiger partial charge in [-0.25, -0.2) is 36.5 Å². The average molecular weight is 560 g/mol. The van der Waals surface area contributed by atoms with Crippen molar-refractivity contribution in [1.82, 2.24) is 15.0 Å². The average Bonchev–Trinajstić information content (AvgIpc) is 3.59. The summed E-state index contributed by atoms with van der Waals surface area (Å²) in [6.45, 7) is 4.77. The number of halogens is 3. The number of benzene rings is 2. The standard InChI is InChI=1S/C26H24F3N5O2S2/c1-14(2)25-33-22(23(37-25)20-10-11-30-26(32-20)31-13-15-6-7-15)16-8-9-17(27)21(12-16)34-38(35,36)24-18(28)4-3-5-19(24)29/h3-5,8-12,14-15,34H,6-7,13H2,1-2H3,(H,30,31,32). The van der Waals surface area contributed by atoms with E-state index in [0.29, 0.717) is 33.7 Å². The molecule has 0 spiro atoms. The predicted octanol–water partition coefficient (Wildman–Crippen LogP) is 6.43. The first-order chi connectivity index (χ1) is 18.1. The van der Waals surface area contributed by atoms with Crippen molar-refractivity contribution in [2.75, 3.05) is 16.6 Å². The summed E-state index contributed by atoms with van der Waals surface area (Å²) in [5, 5.41) is 4.05. The second kappa shape index (κ2) is 10.3. The second-order valence-corrected chi connectivity index (χ2v) is 12.0. The van der Waals surface area contributed by atoms with Crippen LogP contribution in [-0.4, -0.2) is 29.9 Å². The Morgan fingerprint density at radius 2 is 1.76 bits per heavy atom. The number of hydrogen-bond acceptors (Lipinski definition) is 7. The molecule has 1 aliphatic carbocycles. The fourth-order valence-electron chi connectivity index (χ4n) is 3.77. The Balaban J connectivity index is 1.54. The summed E-state index contributed by atoms with van der Waals surface area (Å²) in [5.74, 6) is -2.28. The second-order valence-electron chi connectivity index (χ2n) is 9.33. The maximum absolute atomic E-state index is 14.7. The highest BCUT2D eigenvalue weighted by atomic mass is 32.2. The summed E-state index contributed by atoms with van der Waals surface area (Å²) in [4.78, 5) is 13.2. The summed E-state index contributed by atoms with van der Waals surface area (Å²) in [6, 6.07) is 8.21. The first-order valence-electron chi connectivity index (χ1n) is 12.0. The number of aromatic nitrogens is 3. The molecule has 2 heterocycles. The lowest BCUT2D eigenvalue weighted by atomic mass is 10.1. The smallest absolute Gasteiger partial charge is 0.267 e. The minimum Gasteiger partial charge on any atom is -0.354 e. The van der Waals surface area contributed by atoms with E-state index in [4.69, 9.17) is 4.98 Å². The lowest BCUT2D eigenvalue weighted by Gasteiger charge is -2.12. The highest BCUT2D eigenvalue weighted by Crippen LogP contribution is 2.40. The van der Waals surface area contributed by atoms with Crippen molar-refractivity contribution in [2.24, 2.45) is 5.92 Å². The number of anilines is 2. The number of hydrogen-bond donors (Lipinski definition) is 2. The molecular formula is C26H24F3N5O2S2. The normalized spacial score (nSPS) is 13.6. The zero-order valence-electron chi connectivity index (χ0n) is 20.5. The van der Waals surface area contributed by atoms with Crippen molar-refractivity contribution in [3.05, 3.63) is 71.1 Å². The zero-order chi connectivity index (χ0) is 27.0. The maximum atomic E-state index is 14.7. The molecule has 0 amide bonds. The van der Waals surface area contributed by atoms with Crippen molar-refractivity contribution < 1.29 is 21.6 Å². The quantitative estimate of drug-likeness (QED) is 0.245. The van der Waals surface area contributed by atoms with E-state index in [1.54, 1.807) is 12.3 Å². The number of sulfonamides is 1. The summed E-state index contributed by atoms with van der Waals surface area (Å²) in [6.07, 6.45) is 4.01. The molecule has 1 fully saturated rings. The van der Waals surface area contributed by atoms with E-state index in [0.717, 1.165) is 35.8 Å². The predicted molar refractivity (Wildman–Crippen MR) is 141 cm³/mol. The molecule has 0 unspecified atom stereocenters. The number of thiazole rings is 1. The highest BCUT2D eigenvalue weighted by molar-refractivity contribution is 7.92. The Bertz CT molecular complexity index is 1580. The fourth-order valence-corrected chi connectivity index (χ4v) is 6.02. The third-order valence-electron chi connectivity index (χ3n) is 5.94. The Morgan fingerprint density at radius 1 is 1.03 bits per heavy atom. The lowest BCUT2D eigenvalue weighted by molar-refractivity contribution is 0.521. The zero-order valence-corrected chi connectivity index (χ0v) is 22.1. The molecule has 2 N–H and O–H groups in total. The van der Waals surface area contributed by atoms with E-state index in [1.165, 1.54) is 36.3 Å². The minimum atomic E-state index is -4.77. The minimum absolute atomic E-state index is 0.0873. The SMILES string of the molecule is CC(C)c1nc(-c2ccc(F)c(NS(=O)(=O)c3c(F)cccc3F)c2)c(-c2ccnc(NCC3CC3)n2)s1. The molecule has 0 radical (unpaired) electrons. The molecule has 198 valence electrons. The van der Waals surface area contributed by atoms with Gasteiger partial charge in [-0.15, -0.1) is 11.3 Å². The van der Waals surface area contributed by atoms with Crippen LogP contribution in [0.5, 0.6) is 0 Å². The van der Waals surface area contributed by atoms with E-state index in [-0.39, 0.29) is 5.92 Å². The molecule has 1 aliphatic rings. The summed E-state index contributed by atoms with van der Waals surface area (Å²) in [5.41, 5.74) is 1.02. The Labute approximate surface area is 222 Å². The van der Waals surface area contributed by atoms with Crippen molar-refractivity contribution in [2.45, 2.75) is 37.5 Å². The van der Waals surface area contributed by atoms with Crippen molar-refractivity contribution in [3.63, 3.8) is 0 Å². The Hall–Kier alpha value is -3.51. The van der Waals surface area contributed by atoms with E-state index in [9.17, 15) is 21.6 Å². The maximum Gasteiger partial charge on any atom is 0.267 e. The molecule has 4 aromatic rings. The van der Waals surface area contributed by atoms with Crippen LogP contribution >= 0.6 is 11.3 Å². The third kappa shape index (κ3) is 5.51. The summed E-state index contributed by atoms with van der Waals surface area (Å²) < 4.78 is 70.6. The number of nitrogens with zero attached hydrogens (tertiary/aromatic N) is 3. The molecule has 0 aliphatic heterocycles. The van der Waals surface area contributed by atoms with Gasteiger partial charge in [0.25, 0.3) is 10.0 Å². The van der Waals surface area contributed by atoms with Gasteiger partial charge in [0, 0.05) is 24.2 Å². The van der Waals surface area contributed by atoms with E-state index < -0.39 is 38.1 Å². The largest absolute Gasteiger partial charge is 0.354 e. The van der Waals surface area contributed by atoms with Crippen LogP contribution < -0.4 is 10.0 Å². The van der Waals surface area contributed by atoms with Gasteiger partial charge >= 0.3 is 0 Å². The monoisotopic (exact) mass is 559 g/mol. The van der Waals surface area contributed by atoms with Crippen LogP contribution in [0.2, 0.25) is 0 Å². The number of nitrogens with one attached hydrogen (secondary N) is 2. The topological polar surface area (TPSA) is 96.9 Å². The molecule has 2 aromatic carbocycles. The first kappa shape index (κ1) is 26.1. The van der Waals surface area contributed by atoms with Gasteiger partial charge in [-0.05, 0) is 55.2 Å². The molecule has 0 bridgehead atoms. The van der Waals surface area contributed by atoms with Gasteiger partial charge < -0.3 is 5.32 Å². The van der Waals surface area contributed by atoms with Crippen LogP contribution in [0.25, 0.3) is 21.8 Å². The van der Waals surface area contributed by atoms with Crippen LogP contribution in [0.3, 0.4) is 0 Å². The fraction of sp³-hybridized carbons (Fsp3) is 0.269. The van der Waals surface area contributed by atoms with Crippen LogP contribution in [0.15, 0.2) is 53.6 Å². The first-order valence-corrected chi connectivity index (χ1v) is 14.3. The Morgan fingerprint density at radius 3 is 2.45 bits per heavy atom. The van der Waals surface area contributed by atoms with Gasteiger partial charge in [-0.2, -0.15) is 0 Å². The van der Waals surface area contributed by atoms with E-state index >= 15 is 0 Å². The van der Waals surface area contributed by atoms with Gasteiger partial charge in [0.15, 0.2) is 4.90 Å². The Kier molecular flexibility index (Phi) is 7.10. The van der Waals surface area contributed by atoms with Crippen molar-refractivity contribution >= 4 is 33.0 Å². The molecule has 7 nitrogen and oxygen atoms in total. The van der Waals surface area contributed by atoms with Gasteiger partial charge in [0.05, 0.1) is 27.0 Å². The van der Waals surface area contributed by atoms with Gasteiger partial charge in [0.1, 0.15) is 17.5 Å². The molecule has 1 saturated carbocycles. The molecule has 0 saturated heterocycles. The summed E-state index contributed by atoms with van der Waals surface area (Å²) in [7, 11) is -4.77. The van der Waals surface area contributed by atoms with Crippen LogP contribution in [-0.2, 0) is 10.0 Å². The van der Waals surface area contributed by atoms with Crippen LogP contribution in [0.4, 0.5) is 24.8 Å². The van der Waals surface area contributed by atoms with Gasteiger partial charge in [-0.1, -0.05) is 19.9 Å². The lowest BCUT2D eigenvalue weighted by Crippen LogP contribution is -2.17.